The van der Waals surface area contributed by atoms with Gasteiger partial charge in [0, 0.05) is 28.9 Å². The Kier molecular flexibility index (Phi) is 9.00. The monoisotopic (exact) mass is 517 g/mol. The Hall–Kier alpha value is -3.45. The van der Waals surface area contributed by atoms with E-state index in [9.17, 15) is 14.4 Å². The van der Waals surface area contributed by atoms with Gasteiger partial charge in [-0.25, -0.2) is 0 Å². The van der Waals surface area contributed by atoms with E-state index in [1.165, 1.54) is 17.6 Å². The molecule has 1 aromatic carbocycles. The van der Waals surface area contributed by atoms with Gasteiger partial charge in [0.2, 0.25) is 5.78 Å². The Labute approximate surface area is 225 Å². The Bertz CT molecular complexity index is 1290. The molecule has 4 rings (SSSR count). The first-order valence-corrected chi connectivity index (χ1v) is 13.7. The molecule has 0 spiro atoms. The highest BCUT2D eigenvalue weighted by Crippen LogP contribution is 2.27. The van der Waals surface area contributed by atoms with E-state index in [-0.39, 0.29) is 24.3 Å². The average molecular weight is 518 g/mol. The Morgan fingerprint density at radius 1 is 1.05 bits per heavy atom. The van der Waals surface area contributed by atoms with Crippen LogP contribution in [-0.2, 0) is 16.0 Å². The lowest BCUT2D eigenvalue weighted by Crippen LogP contribution is -2.41. The second-order valence-corrected chi connectivity index (χ2v) is 10.4. The third-order valence-electron chi connectivity index (χ3n) is 7.51. The summed E-state index contributed by atoms with van der Waals surface area (Å²) in [5.41, 5.74) is 4.86. The first-order chi connectivity index (χ1) is 18.3. The summed E-state index contributed by atoms with van der Waals surface area (Å²) in [5, 5.41) is 3.40. The Morgan fingerprint density at radius 3 is 2.39 bits per heavy atom. The van der Waals surface area contributed by atoms with Crippen molar-refractivity contribution in [2.75, 3.05) is 26.7 Å². The molecule has 0 atom stereocenters. The number of fused-ring (bicyclic) bond motifs is 1. The fourth-order valence-corrected chi connectivity index (χ4v) is 5.24. The van der Waals surface area contributed by atoms with Gasteiger partial charge in [0.1, 0.15) is 6.54 Å². The molecule has 3 aromatic rings. The summed E-state index contributed by atoms with van der Waals surface area (Å²) in [4.78, 5) is 40.5. The molecule has 1 saturated heterocycles. The second kappa shape index (κ2) is 12.4. The quantitative estimate of drug-likeness (QED) is 0.302. The number of ether oxygens (including phenoxy) is 1. The van der Waals surface area contributed by atoms with Gasteiger partial charge >= 0.3 is 5.97 Å². The number of benzene rings is 1. The van der Waals surface area contributed by atoms with E-state index < -0.39 is 5.97 Å². The molecule has 202 valence electrons. The number of nitrogens with one attached hydrogen (secondary N) is 1. The highest BCUT2D eigenvalue weighted by molar-refractivity contribution is 6.10. The molecule has 0 saturated carbocycles. The molecule has 7 heteroatoms. The topological polar surface area (TPSA) is 80.1 Å². The summed E-state index contributed by atoms with van der Waals surface area (Å²) in [6, 6.07) is 13.5. The number of hydrogen-bond donors (Lipinski definition) is 1. The maximum Gasteiger partial charge on any atom is 0.325 e. The lowest BCUT2D eigenvalue weighted by molar-refractivity contribution is -0.141. The molecule has 1 N–H and O–H groups in total. The van der Waals surface area contributed by atoms with Crippen molar-refractivity contribution in [3.05, 3.63) is 76.6 Å². The largest absolute Gasteiger partial charge is 0.468 e. The molecule has 0 radical (unpaired) electrons. The van der Waals surface area contributed by atoms with Crippen molar-refractivity contribution >= 4 is 23.2 Å². The molecule has 7 nitrogen and oxygen atoms in total. The second-order valence-electron chi connectivity index (χ2n) is 10.4. The van der Waals surface area contributed by atoms with Crippen LogP contribution in [0.4, 0.5) is 0 Å². The van der Waals surface area contributed by atoms with Crippen LogP contribution in [0.2, 0.25) is 0 Å². The maximum atomic E-state index is 13.8. The van der Waals surface area contributed by atoms with Crippen LogP contribution in [-0.4, -0.2) is 59.7 Å². The summed E-state index contributed by atoms with van der Waals surface area (Å²) in [6.45, 7) is 7.82. The zero-order valence-corrected chi connectivity index (χ0v) is 23.0. The van der Waals surface area contributed by atoms with Gasteiger partial charge in [-0.15, -0.1) is 0 Å². The number of amides is 1. The van der Waals surface area contributed by atoms with E-state index in [1.807, 2.05) is 36.4 Å². The van der Waals surface area contributed by atoms with Gasteiger partial charge < -0.3 is 19.4 Å². The molecule has 1 aliphatic heterocycles. The average Bonchev–Trinajstić information content (AvgIpc) is 3.31. The first-order valence-electron chi connectivity index (χ1n) is 13.7. The standard InChI is InChI=1S/C31H39N3O4/c1-5-6-7-25-18-27-19-26(31(37)34(21(2)3)20-28(35)38-4)14-17-33(27)29(25)30(36)24-10-8-22(9-11-24)23-12-15-32-16-13-23/h8-11,14,17-19,21,23,32H,5-7,12-13,15-16,20H2,1-4H3. The van der Waals surface area contributed by atoms with Crippen LogP contribution in [0.25, 0.3) is 5.52 Å². The number of hydrogen-bond acceptors (Lipinski definition) is 5. The lowest BCUT2D eigenvalue weighted by Gasteiger charge is -2.25. The van der Waals surface area contributed by atoms with Crippen LogP contribution in [0.5, 0.6) is 0 Å². The van der Waals surface area contributed by atoms with Crippen LogP contribution in [0.15, 0.2) is 48.7 Å². The molecule has 0 unspecified atom stereocenters. The number of methoxy groups -OCH3 is 1. The zero-order chi connectivity index (χ0) is 27.2. The third-order valence-corrected chi connectivity index (χ3v) is 7.51. The van der Waals surface area contributed by atoms with Crippen molar-refractivity contribution in [1.82, 2.24) is 14.6 Å². The predicted molar refractivity (Wildman–Crippen MR) is 149 cm³/mol. The Balaban J connectivity index is 1.66. The van der Waals surface area contributed by atoms with E-state index in [2.05, 4.69) is 24.4 Å². The van der Waals surface area contributed by atoms with E-state index in [1.54, 1.807) is 18.3 Å². The number of aromatic nitrogens is 1. The van der Waals surface area contributed by atoms with Crippen molar-refractivity contribution in [2.45, 2.75) is 64.8 Å². The number of aryl methyl sites for hydroxylation is 1. The number of nitrogens with zero attached hydrogens (tertiary/aromatic N) is 2. The smallest absolute Gasteiger partial charge is 0.325 e. The van der Waals surface area contributed by atoms with Crippen LogP contribution in [0, 0.1) is 0 Å². The van der Waals surface area contributed by atoms with Crippen molar-refractivity contribution in [3.63, 3.8) is 0 Å². The number of unbranched alkanes of at least 4 members (excludes halogenated alkanes) is 1. The molecule has 1 aliphatic rings. The zero-order valence-electron chi connectivity index (χ0n) is 23.0. The summed E-state index contributed by atoms with van der Waals surface area (Å²) in [5.74, 6) is -0.181. The summed E-state index contributed by atoms with van der Waals surface area (Å²) in [7, 11) is 1.31. The molecule has 1 amide bonds. The van der Waals surface area contributed by atoms with Crippen LogP contribution < -0.4 is 5.32 Å². The van der Waals surface area contributed by atoms with Gasteiger partial charge in [0.05, 0.1) is 12.8 Å². The van der Waals surface area contributed by atoms with Crippen LogP contribution in [0.3, 0.4) is 0 Å². The number of pyridine rings is 1. The van der Waals surface area contributed by atoms with E-state index in [0.29, 0.717) is 22.7 Å². The molecule has 2 aromatic heterocycles. The molecule has 1 fully saturated rings. The SMILES string of the molecule is CCCCc1cc2cc(C(=O)N(CC(=O)OC)C(C)C)ccn2c1C(=O)c1ccc(C2CCNCC2)cc1. The van der Waals surface area contributed by atoms with E-state index in [4.69, 9.17) is 4.74 Å². The van der Waals surface area contributed by atoms with Crippen molar-refractivity contribution < 1.29 is 19.1 Å². The van der Waals surface area contributed by atoms with E-state index in [0.717, 1.165) is 56.3 Å². The number of carbonyl (C=O) groups is 3. The molecule has 3 heterocycles. The van der Waals surface area contributed by atoms with Crippen molar-refractivity contribution in [1.29, 1.82) is 0 Å². The fraction of sp³-hybridized carbons (Fsp3) is 0.452. The highest BCUT2D eigenvalue weighted by Gasteiger charge is 2.24. The number of ketones is 1. The first kappa shape index (κ1) is 27.6. The van der Waals surface area contributed by atoms with Gasteiger partial charge in [0.25, 0.3) is 5.91 Å². The van der Waals surface area contributed by atoms with Crippen LogP contribution >= 0.6 is 0 Å². The lowest BCUT2D eigenvalue weighted by atomic mass is 9.89. The summed E-state index contributed by atoms with van der Waals surface area (Å²) >= 11 is 0. The number of piperidine rings is 1. The van der Waals surface area contributed by atoms with Crippen molar-refractivity contribution in [2.24, 2.45) is 0 Å². The Morgan fingerprint density at radius 2 is 1.76 bits per heavy atom. The van der Waals surface area contributed by atoms with Gasteiger partial charge in [-0.05, 0) is 87.9 Å². The number of esters is 1. The molecule has 0 bridgehead atoms. The van der Waals surface area contributed by atoms with Crippen LogP contribution in [0.1, 0.15) is 89.9 Å². The summed E-state index contributed by atoms with van der Waals surface area (Å²) < 4.78 is 6.67. The maximum absolute atomic E-state index is 13.8. The van der Waals surface area contributed by atoms with E-state index >= 15 is 0 Å². The number of rotatable bonds is 10. The fourth-order valence-electron chi connectivity index (χ4n) is 5.24. The normalized spacial score (nSPS) is 14.1. The minimum atomic E-state index is -0.461. The number of carbonyl (C=O) groups excluding carboxylic acids is 3. The minimum Gasteiger partial charge on any atom is -0.468 e. The summed E-state index contributed by atoms with van der Waals surface area (Å²) in [6.07, 6.45) is 6.81. The van der Waals surface area contributed by atoms with Gasteiger partial charge in [-0.1, -0.05) is 37.6 Å². The predicted octanol–water partition coefficient (Wildman–Crippen LogP) is 5.00. The van der Waals surface area contributed by atoms with Gasteiger partial charge in [-0.3, -0.25) is 14.4 Å². The molecule has 0 aliphatic carbocycles. The van der Waals surface area contributed by atoms with Gasteiger partial charge in [0.15, 0.2) is 0 Å². The van der Waals surface area contributed by atoms with Gasteiger partial charge in [-0.2, -0.15) is 0 Å². The molecule has 38 heavy (non-hydrogen) atoms. The molecular weight excluding hydrogens is 478 g/mol. The third kappa shape index (κ3) is 5.99. The minimum absolute atomic E-state index is 0.0125. The van der Waals surface area contributed by atoms with Crippen molar-refractivity contribution in [3.8, 4) is 0 Å². The highest BCUT2D eigenvalue weighted by atomic mass is 16.5. The molecular formula is C31H39N3O4.